The molecule has 1 aromatic heterocycles. The van der Waals surface area contributed by atoms with Gasteiger partial charge in [0, 0.05) is 23.9 Å². The lowest BCUT2D eigenvalue weighted by molar-refractivity contribution is -0.120. The molecule has 2 fully saturated rings. The number of imide groups is 1. The number of alkyl halides is 3. The molecule has 0 N–H and O–H groups in total. The first kappa shape index (κ1) is 23.2. The maximum absolute atomic E-state index is 13.2. The highest BCUT2D eigenvalue weighted by atomic mass is 32.2. The molecule has 1 aromatic carbocycles. The average molecular weight is 481 g/mol. The van der Waals surface area contributed by atoms with Gasteiger partial charge in [0.1, 0.15) is 5.54 Å². The van der Waals surface area contributed by atoms with E-state index in [0.717, 1.165) is 40.4 Å². The summed E-state index contributed by atoms with van der Waals surface area (Å²) in [5.74, 6) is -0.468. The lowest BCUT2D eigenvalue weighted by Crippen LogP contribution is -2.36. The van der Waals surface area contributed by atoms with Crippen LogP contribution in [0.3, 0.4) is 0 Å². The molecule has 0 radical (unpaired) electrons. The Morgan fingerprint density at radius 1 is 1.03 bits per heavy atom. The van der Waals surface area contributed by atoms with E-state index in [1.165, 1.54) is 4.90 Å². The van der Waals surface area contributed by atoms with Crippen LogP contribution in [0.4, 0.5) is 23.7 Å². The van der Waals surface area contributed by atoms with Crippen LogP contribution >= 0.6 is 0 Å². The summed E-state index contributed by atoms with van der Waals surface area (Å²) in [7, 11) is -5.53. The third kappa shape index (κ3) is 3.77. The minimum atomic E-state index is -5.53. The first-order chi connectivity index (χ1) is 15.2. The Hall–Kier alpha value is -2.95. The number of carbonyl (C=O) groups excluding carboxylic acids is 2. The lowest BCUT2D eigenvalue weighted by Gasteiger charge is -2.23. The summed E-state index contributed by atoms with van der Waals surface area (Å²) < 4.78 is 61.6. The maximum atomic E-state index is 13.2. The van der Waals surface area contributed by atoms with Crippen LogP contribution in [0.2, 0.25) is 0 Å². The highest BCUT2D eigenvalue weighted by Crippen LogP contribution is 2.49. The van der Waals surface area contributed by atoms with E-state index < -0.39 is 37.7 Å². The van der Waals surface area contributed by atoms with Crippen LogP contribution in [-0.4, -0.2) is 41.3 Å². The number of nitrogens with zero attached hydrogens (tertiary/aromatic N) is 3. The second kappa shape index (κ2) is 7.28. The zero-order chi connectivity index (χ0) is 24.4. The van der Waals surface area contributed by atoms with E-state index >= 15 is 0 Å². The standard InChI is InChI=1S/C22H22F3N3O4S/c1-20(2,3)17-12-14(8-11-26-17)13-27-19(30)28(18(29)21(27)9-10-21)15-4-6-16(7-5-15)33(31,32)22(23,24)25/h4-8,11-12H,9-10,13H2,1-3H3. The second-order valence-corrected chi connectivity index (χ2v) is 11.2. The Balaban J connectivity index is 1.63. The summed E-state index contributed by atoms with van der Waals surface area (Å²) in [4.78, 5) is 32.1. The van der Waals surface area contributed by atoms with Crippen LogP contribution < -0.4 is 4.90 Å². The largest absolute Gasteiger partial charge is 0.501 e. The Bertz CT molecular complexity index is 1230. The predicted octanol–water partition coefficient (Wildman–Crippen LogP) is 4.17. The summed E-state index contributed by atoms with van der Waals surface area (Å²) >= 11 is 0. The van der Waals surface area contributed by atoms with Crippen molar-refractivity contribution in [3.8, 4) is 0 Å². The van der Waals surface area contributed by atoms with Crippen LogP contribution in [0.1, 0.15) is 44.9 Å². The quantitative estimate of drug-likeness (QED) is 0.612. The minimum Gasteiger partial charge on any atom is -0.305 e. The SMILES string of the molecule is CC(C)(C)c1cc(CN2C(=O)N(c3ccc(S(=O)(=O)C(F)(F)F)cc3)C(=O)C23CC3)ccn1. The van der Waals surface area contributed by atoms with Crippen LogP contribution in [0, 0.1) is 0 Å². The molecule has 2 aliphatic rings. The summed E-state index contributed by atoms with van der Waals surface area (Å²) in [6, 6.07) is 6.63. The van der Waals surface area contributed by atoms with E-state index in [4.69, 9.17) is 0 Å². The Morgan fingerprint density at radius 2 is 1.64 bits per heavy atom. The van der Waals surface area contributed by atoms with Crippen molar-refractivity contribution in [2.45, 2.75) is 61.5 Å². The van der Waals surface area contributed by atoms with Crippen LogP contribution in [0.15, 0.2) is 47.5 Å². The number of anilines is 1. The van der Waals surface area contributed by atoms with Crippen molar-refractivity contribution in [3.05, 3.63) is 53.9 Å². The van der Waals surface area contributed by atoms with Crippen molar-refractivity contribution >= 4 is 27.5 Å². The normalized spacial score (nSPS) is 18.4. The number of aromatic nitrogens is 1. The van der Waals surface area contributed by atoms with Gasteiger partial charge in [0.2, 0.25) is 0 Å². The van der Waals surface area contributed by atoms with Crippen molar-refractivity contribution in [2.75, 3.05) is 4.90 Å². The second-order valence-electron chi connectivity index (χ2n) is 9.28. The van der Waals surface area contributed by atoms with Crippen LogP contribution in [-0.2, 0) is 26.6 Å². The number of amides is 3. The van der Waals surface area contributed by atoms with Gasteiger partial charge in [0.05, 0.1) is 10.6 Å². The van der Waals surface area contributed by atoms with E-state index in [-0.39, 0.29) is 17.6 Å². The molecule has 0 unspecified atom stereocenters. The summed E-state index contributed by atoms with van der Waals surface area (Å²) in [5.41, 5.74) is -4.98. The molecule has 7 nitrogen and oxygen atoms in total. The molecule has 1 aliphatic heterocycles. The van der Waals surface area contributed by atoms with Crippen molar-refractivity contribution in [3.63, 3.8) is 0 Å². The molecule has 11 heteroatoms. The number of pyridine rings is 1. The smallest absolute Gasteiger partial charge is 0.305 e. The molecule has 4 rings (SSSR count). The number of carbonyl (C=O) groups is 2. The van der Waals surface area contributed by atoms with Crippen LogP contribution in [0.5, 0.6) is 0 Å². The van der Waals surface area contributed by atoms with Gasteiger partial charge in [0.25, 0.3) is 15.7 Å². The van der Waals surface area contributed by atoms with Gasteiger partial charge in [0.15, 0.2) is 0 Å². The number of hydrogen-bond acceptors (Lipinski definition) is 5. The average Bonchev–Trinajstić information content (AvgIpc) is 3.49. The fourth-order valence-corrected chi connectivity index (χ4v) is 4.60. The molecule has 33 heavy (non-hydrogen) atoms. The van der Waals surface area contributed by atoms with Gasteiger partial charge < -0.3 is 4.90 Å². The van der Waals surface area contributed by atoms with Crippen molar-refractivity contribution in [1.29, 1.82) is 0 Å². The molecule has 2 heterocycles. The van der Waals surface area contributed by atoms with Gasteiger partial charge in [-0.1, -0.05) is 20.8 Å². The number of benzene rings is 1. The fraction of sp³-hybridized carbons (Fsp3) is 0.409. The highest BCUT2D eigenvalue weighted by molar-refractivity contribution is 7.92. The summed E-state index contributed by atoms with van der Waals surface area (Å²) in [5, 5.41) is 0. The molecule has 1 saturated carbocycles. The van der Waals surface area contributed by atoms with E-state index in [1.807, 2.05) is 26.8 Å². The molecular formula is C22H22F3N3O4S. The number of sulfone groups is 1. The molecule has 2 aromatic rings. The van der Waals surface area contributed by atoms with Gasteiger partial charge in [-0.15, -0.1) is 0 Å². The van der Waals surface area contributed by atoms with Crippen molar-refractivity contribution < 1.29 is 31.2 Å². The molecule has 0 bridgehead atoms. The Morgan fingerprint density at radius 3 is 2.15 bits per heavy atom. The van der Waals surface area contributed by atoms with E-state index in [0.29, 0.717) is 12.8 Å². The van der Waals surface area contributed by atoms with Gasteiger partial charge in [-0.05, 0) is 54.8 Å². The number of halogens is 3. The van der Waals surface area contributed by atoms with Gasteiger partial charge >= 0.3 is 11.5 Å². The third-order valence-electron chi connectivity index (χ3n) is 5.91. The first-order valence-corrected chi connectivity index (χ1v) is 11.7. The number of rotatable bonds is 4. The van der Waals surface area contributed by atoms with Gasteiger partial charge in [-0.3, -0.25) is 9.78 Å². The van der Waals surface area contributed by atoms with E-state index in [2.05, 4.69) is 4.98 Å². The lowest BCUT2D eigenvalue weighted by atomic mass is 9.91. The molecule has 1 aliphatic carbocycles. The van der Waals surface area contributed by atoms with E-state index in [9.17, 15) is 31.2 Å². The Kier molecular flexibility index (Phi) is 5.12. The molecular weight excluding hydrogens is 459 g/mol. The predicted molar refractivity (Wildman–Crippen MR) is 113 cm³/mol. The zero-order valence-corrected chi connectivity index (χ0v) is 19.0. The molecule has 3 amide bonds. The maximum Gasteiger partial charge on any atom is 0.501 e. The highest BCUT2D eigenvalue weighted by Gasteiger charge is 2.65. The molecule has 176 valence electrons. The third-order valence-corrected chi connectivity index (χ3v) is 7.41. The molecule has 0 atom stereocenters. The first-order valence-electron chi connectivity index (χ1n) is 10.2. The zero-order valence-electron chi connectivity index (χ0n) is 18.2. The summed E-state index contributed by atoms with van der Waals surface area (Å²) in [6.45, 7) is 6.20. The molecule has 1 saturated heterocycles. The topological polar surface area (TPSA) is 87.7 Å². The van der Waals surface area contributed by atoms with Crippen LogP contribution in [0.25, 0.3) is 0 Å². The Labute approximate surface area is 189 Å². The van der Waals surface area contributed by atoms with Crippen molar-refractivity contribution in [1.82, 2.24) is 9.88 Å². The number of hydrogen-bond donors (Lipinski definition) is 0. The number of urea groups is 1. The van der Waals surface area contributed by atoms with E-state index in [1.54, 1.807) is 12.3 Å². The fourth-order valence-electron chi connectivity index (χ4n) is 3.84. The minimum absolute atomic E-state index is 0.0185. The molecule has 1 spiro atoms. The summed E-state index contributed by atoms with van der Waals surface area (Å²) in [6.07, 6.45) is 2.60. The van der Waals surface area contributed by atoms with Gasteiger partial charge in [-0.25, -0.2) is 18.1 Å². The monoisotopic (exact) mass is 481 g/mol. The van der Waals surface area contributed by atoms with Gasteiger partial charge in [-0.2, -0.15) is 13.2 Å². The van der Waals surface area contributed by atoms with Crippen molar-refractivity contribution in [2.24, 2.45) is 0 Å².